The summed E-state index contributed by atoms with van der Waals surface area (Å²) in [5.41, 5.74) is 0. The second-order valence-electron chi connectivity index (χ2n) is 18.1. The lowest BCUT2D eigenvalue weighted by Crippen LogP contribution is -2.50. The molecule has 0 aliphatic heterocycles. The van der Waals surface area contributed by atoms with Gasteiger partial charge in [0.15, 0.2) is 12.1 Å². The van der Waals surface area contributed by atoms with Gasteiger partial charge < -0.3 is 23.8 Å². The maximum Gasteiger partial charge on any atom is 0.362 e. The van der Waals surface area contributed by atoms with Gasteiger partial charge in [-0.3, -0.25) is 9.59 Å². The number of likely N-dealkylation sites (N-methyl/N-ethyl adjacent to an activating group) is 1. The molecule has 0 saturated heterocycles. The molecule has 0 radical (unpaired) electrons. The third-order valence-electron chi connectivity index (χ3n) is 11.3. The predicted octanol–water partition coefficient (Wildman–Crippen LogP) is 14.2. The standard InChI is InChI=1S/C52H95NO7/c1-6-8-10-12-14-16-18-20-22-24-25-27-29-31-33-35-37-39-41-43-51(55)60-48(46-58-45-44-49(52(56)57)53(3,4)5)47-59-50(54)42-40-38-36-34-32-30-28-26-23-21-19-17-15-13-11-9-7-2/h21,23,28,30,34,36,48-49H,6-20,22,24-27,29,31-33,35,37-47H2,1-5H3/p+1/b23-21+,30-28+,36-34+. The number of ether oxygens (including phenoxy) is 3. The van der Waals surface area contributed by atoms with Crippen LogP contribution in [0.3, 0.4) is 0 Å². The summed E-state index contributed by atoms with van der Waals surface area (Å²) >= 11 is 0. The van der Waals surface area contributed by atoms with Gasteiger partial charge in [0, 0.05) is 19.3 Å². The number of carboxylic acids is 1. The van der Waals surface area contributed by atoms with E-state index in [0.717, 1.165) is 38.5 Å². The fourth-order valence-electron chi connectivity index (χ4n) is 7.40. The van der Waals surface area contributed by atoms with E-state index in [-0.39, 0.29) is 42.7 Å². The Hall–Kier alpha value is -2.45. The summed E-state index contributed by atoms with van der Waals surface area (Å²) in [5.74, 6) is -1.52. The van der Waals surface area contributed by atoms with E-state index < -0.39 is 18.1 Å². The van der Waals surface area contributed by atoms with Gasteiger partial charge in [-0.25, -0.2) is 4.79 Å². The summed E-state index contributed by atoms with van der Waals surface area (Å²) in [6.07, 6.45) is 50.6. The summed E-state index contributed by atoms with van der Waals surface area (Å²) in [4.78, 5) is 37.1. The van der Waals surface area contributed by atoms with E-state index in [1.807, 2.05) is 21.1 Å². The van der Waals surface area contributed by atoms with Crippen molar-refractivity contribution in [2.45, 2.75) is 238 Å². The minimum atomic E-state index is -0.879. The number of hydrogen-bond acceptors (Lipinski definition) is 6. The molecule has 0 rings (SSSR count). The monoisotopic (exact) mass is 847 g/mol. The number of nitrogens with zero attached hydrogens (tertiary/aromatic N) is 1. The Bertz CT molecular complexity index is 1080. The lowest BCUT2D eigenvalue weighted by atomic mass is 10.0. The third-order valence-corrected chi connectivity index (χ3v) is 11.3. The predicted molar refractivity (Wildman–Crippen MR) is 252 cm³/mol. The van der Waals surface area contributed by atoms with Crippen molar-refractivity contribution in [1.29, 1.82) is 0 Å². The van der Waals surface area contributed by atoms with Gasteiger partial charge in [0.2, 0.25) is 0 Å². The van der Waals surface area contributed by atoms with E-state index in [1.165, 1.54) is 148 Å². The first kappa shape index (κ1) is 57.5. The number of unbranched alkanes of at least 4 members (excludes halogenated alkanes) is 25. The molecule has 0 aromatic carbocycles. The van der Waals surface area contributed by atoms with Crippen LogP contribution in [0.25, 0.3) is 0 Å². The normalized spacial score (nSPS) is 13.2. The van der Waals surface area contributed by atoms with Gasteiger partial charge >= 0.3 is 17.9 Å². The van der Waals surface area contributed by atoms with Crippen molar-refractivity contribution in [3.05, 3.63) is 36.5 Å². The first-order valence-corrected chi connectivity index (χ1v) is 25.0. The molecule has 0 aliphatic rings. The van der Waals surface area contributed by atoms with Crippen LogP contribution in [0.1, 0.15) is 226 Å². The van der Waals surface area contributed by atoms with Gasteiger partial charge in [-0.05, 0) is 44.9 Å². The lowest BCUT2D eigenvalue weighted by molar-refractivity contribution is -0.887. The van der Waals surface area contributed by atoms with Crippen molar-refractivity contribution in [3.63, 3.8) is 0 Å². The van der Waals surface area contributed by atoms with Crippen LogP contribution in [-0.2, 0) is 28.6 Å². The fourth-order valence-corrected chi connectivity index (χ4v) is 7.40. The molecule has 8 heteroatoms. The van der Waals surface area contributed by atoms with Crippen molar-refractivity contribution >= 4 is 17.9 Å². The van der Waals surface area contributed by atoms with Gasteiger partial charge in [-0.1, -0.05) is 198 Å². The highest BCUT2D eigenvalue weighted by atomic mass is 16.6. The molecule has 2 atom stereocenters. The molecule has 0 amide bonds. The summed E-state index contributed by atoms with van der Waals surface area (Å²) in [5, 5.41) is 9.64. The summed E-state index contributed by atoms with van der Waals surface area (Å²) in [6.45, 7) is 4.71. The maximum absolute atomic E-state index is 12.8. The minimum Gasteiger partial charge on any atom is -0.477 e. The number of hydrogen-bond donors (Lipinski definition) is 1. The lowest BCUT2D eigenvalue weighted by Gasteiger charge is -2.31. The zero-order valence-corrected chi connectivity index (χ0v) is 39.9. The Morgan fingerprint density at radius 3 is 1.35 bits per heavy atom. The van der Waals surface area contributed by atoms with Gasteiger partial charge in [-0.2, -0.15) is 0 Å². The van der Waals surface area contributed by atoms with Crippen LogP contribution in [0, 0.1) is 0 Å². The molecule has 0 bridgehead atoms. The van der Waals surface area contributed by atoms with E-state index in [0.29, 0.717) is 19.3 Å². The first-order chi connectivity index (χ1) is 29.1. The average molecular weight is 847 g/mol. The van der Waals surface area contributed by atoms with Crippen molar-refractivity contribution in [2.75, 3.05) is 41.0 Å². The van der Waals surface area contributed by atoms with Crippen LogP contribution >= 0.6 is 0 Å². The quantitative estimate of drug-likeness (QED) is 0.0282. The Morgan fingerprint density at radius 2 is 0.900 bits per heavy atom. The van der Waals surface area contributed by atoms with Crippen LogP contribution < -0.4 is 0 Å². The molecule has 60 heavy (non-hydrogen) atoms. The van der Waals surface area contributed by atoms with Crippen LogP contribution in [0.5, 0.6) is 0 Å². The first-order valence-electron chi connectivity index (χ1n) is 25.0. The Labute approximate surface area is 370 Å². The van der Waals surface area contributed by atoms with E-state index in [4.69, 9.17) is 14.2 Å². The molecule has 0 aromatic heterocycles. The van der Waals surface area contributed by atoms with Gasteiger partial charge in [0.25, 0.3) is 0 Å². The number of quaternary nitrogens is 1. The Balaban J connectivity index is 4.31. The largest absolute Gasteiger partial charge is 0.477 e. The van der Waals surface area contributed by atoms with Crippen molar-refractivity contribution < 1.29 is 38.2 Å². The van der Waals surface area contributed by atoms with E-state index >= 15 is 0 Å². The van der Waals surface area contributed by atoms with Crippen LogP contribution in [-0.4, -0.2) is 80.6 Å². The fraction of sp³-hybridized carbons (Fsp3) is 0.827. The van der Waals surface area contributed by atoms with E-state index in [9.17, 15) is 19.5 Å². The molecular formula is C52H96NO7+. The number of carbonyl (C=O) groups is 3. The number of carbonyl (C=O) groups excluding carboxylic acids is 2. The smallest absolute Gasteiger partial charge is 0.362 e. The molecule has 350 valence electrons. The molecule has 0 aromatic rings. The molecular weight excluding hydrogens is 751 g/mol. The number of esters is 2. The zero-order chi connectivity index (χ0) is 44.2. The molecule has 8 nitrogen and oxygen atoms in total. The molecule has 2 unspecified atom stereocenters. The number of allylic oxidation sites excluding steroid dienone is 6. The van der Waals surface area contributed by atoms with Crippen molar-refractivity contribution in [3.8, 4) is 0 Å². The van der Waals surface area contributed by atoms with Gasteiger partial charge in [0.1, 0.15) is 6.61 Å². The topological polar surface area (TPSA) is 99.1 Å². The van der Waals surface area contributed by atoms with E-state index in [1.54, 1.807) is 0 Å². The zero-order valence-electron chi connectivity index (χ0n) is 39.9. The summed E-state index contributed by atoms with van der Waals surface area (Å²) in [7, 11) is 5.52. The number of rotatable bonds is 45. The molecule has 0 saturated carbocycles. The van der Waals surface area contributed by atoms with Gasteiger partial charge in [0.05, 0.1) is 34.4 Å². The molecule has 0 aliphatic carbocycles. The van der Waals surface area contributed by atoms with Gasteiger partial charge in [-0.15, -0.1) is 0 Å². The Morgan fingerprint density at radius 1 is 0.500 bits per heavy atom. The minimum absolute atomic E-state index is 0.0485. The molecule has 0 fully saturated rings. The van der Waals surface area contributed by atoms with Crippen LogP contribution in [0.4, 0.5) is 0 Å². The Kier molecular flexibility index (Phi) is 41.4. The highest BCUT2D eigenvalue weighted by Gasteiger charge is 2.31. The summed E-state index contributed by atoms with van der Waals surface area (Å²) < 4.78 is 17.3. The van der Waals surface area contributed by atoms with Crippen molar-refractivity contribution in [1.82, 2.24) is 0 Å². The second-order valence-corrected chi connectivity index (χ2v) is 18.1. The maximum atomic E-state index is 12.8. The second kappa shape index (κ2) is 43.2. The van der Waals surface area contributed by atoms with E-state index in [2.05, 4.69) is 50.3 Å². The molecule has 0 spiro atoms. The molecule has 1 N–H and O–H groups in total. The molecule has 0 heterocycles. The van der Waals surface area contributed by atoms with Crippen LogP contribution in [0.15, 0.2) is 36.5 Å². The highest BCUT2D eigenvalue weighted by Crippen LogP contribution is 2.16. The highest BCUT2D eigenvalue weighted by molar-refractivity contribution is 5.72. The number of aliphatic carboxylic acids is 1. The number of carboxylic acid groups (broad SMARTS) is 1. The summed E-state index contributed by atoms with van der Waals surface area (Å²) in [6, 6.07) is -0.620. The van der Waals surface area contributed by atoms with Crippen LogP contribution in [0.2, 0.25) is 0 Å². The third kappa shape index (κ3) is 40.9. The van der Waals surface area contributed by atoms with Crippen molar-refractivity contribution in [2.24, 2.45) is 0 Å². The SMILES string of the molecule is CCCCCCCC/C=C/C/C=C/C/C=C/CCCC(=O)OCC(COCCC(C(=O)O)[N+](C)(C)C)OC(=O)CCCCCCCCCCCCCCCCCCCCC. The average Bonchev–Trinajstić information content (AvgIpc) is 3.21.